The standard InChI is InChI=1S/C22H17N5O2.H2O/c28-21(23-15-8-3-1-4-9-15)19-14-26(16-10-5-2-6-11-16)22(29)17-12-7-13-18-20(17)27(19)25-24-18;/h1-13,19H,14H2,(H,23,28);1H2. The first-order valence-corrected chi connectivity index (χ1v) is 9.29. The second-order valence-electron chi connectivity index (χ2n) is 6.83. The van der Waals surface area contributed by atoms with Gasteiger partial charge < -0.3 is 15.7 Å². The van der Waals surface area contributed by atoms with E-state index in [1.165, 1.54) is 0 Å². The summed E-state index contributed by atoms with van der Waals surface area (Å²) in [7, 11) is 0. The lowest BCUT2D eigenvalue weighted by atomic mass is 10.1. The molecule has 1 aliphatic heterocycles. The summed E-state index contributed by atoms with van der Waals surface area (Å²) in [5.41, 5.74) is 3.05. The van der Waals surface area contributed by atoms with Crippen LogP contribution in [0.25, 0.3) is 11.0 Å². The second-order valence-corrected chi connectivity index (χ2v) is 6.83. The van der Waals surface area contributed by atoms with Gasteiger partial charge >= 0.3 is 0 Å². The van der Waals surface area contributed by atoms with E-state index in [-0.39, 0.29) is 23.8 Å². The Morgan fingerprint density at radius 1 is 0.933 bits per heavy atom. The highest BCUT2D eigenvalue weighted by atomic mass is 16.2. The normalized spacial score (nSPS) is 15.4. The molecule has 1 aromatic heterocycles. The predicted molar refractivity (Wildman–Crippen MR) is 113 cm³/mol. The number of para-hydroxylation sites is 3. The quantitative estimate of drug-likeness (QED) is 0.568. The third-order valence-electron chi connectivity index (χ3n) is 5.03. The van der Waals surface area contributed by atoms with Crippen molar-refractivity contribution in [3.63, 3.8) is 0 Å². The molecular formula is C22H19N5O3. The molecule has 2 heterocycles. The fourth-order valence-corrected chi connectivity index (χ4v) is 3.63. The minimum Gasteiger partial charge on any atom is -0.412 e. The zero-order valence-corrected chi connectivity index (χ0v) is 15.9. The molecule has 8 heteroatoms. The number of nitrogens with zero attached hydrogens (tertiary/aromatic N) is 4. The van der Waals surface area contributed by atoms with Crippen LogP contribution in [0, 0.1) is 0 Å². The lowest BCUT2D eigenvalue weighted by Gasteiger charge is -2.25. The number of rotatable bonds is 3. The van der Waals surface area contributed by atoms with E-state index < -0.39 is 6.04 Å². The van der Waals surface area contributed by atoms with Crippen molar-refractivity contribution in [1.29, 1.82) is 0 Å². The summed E-state index contributed by atoms with van der Waals surface area (Å²) in [5, 5.41) is 11.3. The Labute approximate surface area is 172 Å². The summed E-state index contributed by atoms with van der Waals surface area (Å²) in [4.78, 5) is 28.2. The smallest absolute Gasteiger partial charge is 0.260 e. The van der Waals surface area contributed by atoms with Crippen LogP contribution in [0.15, 0.2) is 78.9 Å². The Bertz CT molecular complexity index is 1210. The second kappa shape index (κ2) is 7.76. The number of anilines is 2. The molecule has 3 aromatic carbocycles. The van der Waals surface area contributed by atoms with Crippen molar-refractivity contribution in [2.24, 2.45) is 0 Å². The van der Waals surface area contributed by atoms with Crippen LogP contribution in [-0.4, -0.2) is 38.8 Å². The monoisotopic (exact) mass is 401 g/mol. The number of carbonyl (C=O) groups is 2. The molecule has 4 aromatic rings. The maximum absolute atomic E-state index is 13.4. The van der Waals surface area contributed by atoms with E-state index in [1.807, 2.05) is 60.7 Å². The first kappa shape index (κ1) is 19.3. The first-order chi connectivity index (χ1) is 14.2. The molecule has 0 spiro atoms. The van der Waals surface area contributed by atoms with E-state index in [2.05, 4.69) is 15.6 Å². The molecule has 8 nitrogen and oxygen atoms in total. The lowest BCUT2D eigenvalue weighted by molar-refractivity contribution is -0.119. The van der Waals surface area contributed by atoms with Crippen molar-refractivity contribution in [2.75, 3.05) is 16.8 Å². The van der Waals surface area contributed by atoms with E-state index >= 15 is 0 Å². The number of hydrogen-bond acceptors (Lipinski definition) is 4. The molecule has 2 amide bonds. The fraction of sp³-hybridized carbons (Fsp3) is 0.0909. The Kier molecular flexibility index (Phi) is 4.99. The number of amides is 2. The van der Waals surface area contributed by atoms with Crippen LogP contribution in [-0.2, 0) is 4.79 Å². The molecule has 30 heavy (non-hydrogen) atoms. The summed E-state index contributed by atoms with van der Waals surface area (Å²) in [6, 6.07) is 23.2. The van der Waals surface area contributed by atoms with Crippen LogP contribution < -0.4 is 10.2 Å². The Morgan fingerprint density at radius 3 is 2.37 bits per heavy atom. The number of benzene rings is 3. The first-order valence-electron chi connectivity index (χ1n) is 9.29. The highest BCUT2D eigenvalue weighted by Crippen LogP contribution is 2.30. The van der Waals surface area contributed by atoms with Crippen molar-refractivity contribution < 1.29 is 15.1 Å². The minimum atomic E-state index is -0.729. The molecule has 1 unspecified atom stereocenters. The summed E-state index contributed by atoms with van der Waals surface area (Å²) in [6.07, 6.45) is 0. The third kappa shape index (κ3) is 3.19. The van der Waals surface area contributed by atoms with E-state index in [0.29, 0.717) is 22.3 Å². The van der Waals surface area contributed by atoms with Gasteiger partial charge in [-0.25, -0.2) is 4.68 Å². The summed E-state index contributed by atoms with van der Waals surface area (Å²) in [6.45, 7) is 0.147. The van der Waals surface area contributed by atoms with Gasteiger partial charge in [-0.1, -0.05) is 47.7 Å². The van der Waals surface area contributed by atoms with E-state index in [0.717, 1.165) is 5.69 Å². The van der Waals surface area contributed by atoms with Gasteiger partial charge in [-0.2, -0.15) is 0 Å². The average Bonchev–Trinajstić information content (AvgIpc) is 3.14. The predicted octanol–water partition coefficient (Wildman–Crippen LogP) is 2.45. The van der Waals surface area contributed by atoms with E-state index in [4.69, 9.17) is 0 Å². The molecule has 0 aliphatic carbocycles. The molecular weight excluding hydrogens is 382 g/mol. The number of hydrogen-bond donors (Lipinski definition) is 1. The number of nitrogens with one attached hydrogen (secondary N) is 1. The molecule has 0 saturated heterocycles. The van der Waals surface area contributed by atoms with Gasteiger partial charge in [-0.3, -0.25) is 9.59 Å². The topological polar surface area (TPSA) is 112 Å². The lowest BCUT2D eigenvalue weighted by Crippen LogP contribution is -2.39. The van der Waals surface area contributed by atoms with Crippen LogP contribution in [0.5, 0.6) is 0 Å². The van der Waals surface area contributed by atoms with Crippen LogP contribution in [0.2, 0.25) is 0 Å². The SMILES string of the molecule is O.O=C(Nc1ccccc1)C1CN(c2ccccc2)C(=O)c2cccc3nnn1c23. The van der Waals surface area contributed by atoms with Gasteiger partial charge in [0.25, 0.3) is 11.8 Å². The Morgan fingerprint density at radius 2 is 1.63 bits per heavy atom. The molecule has 0 radical (unpaired) electrons. The Balaban J connectivity index is 0.00000218. The third-order valence-corrected chi connectivity index (χ3v) is 5.03. The van der Waals surface area contributed by atoms with E-state index in [9.17, 15) is 9.59 Å². The zero-order valence-electron chi connectivity index (χ0n) is 15.9. The van der Waals surface area contributed by atoms with Crippen molar-refractivity contribution >= 4 is 34.2 Å². The fourth-order valence-electron chi connectivity index (χ4n) is 3.63. The largest absolute Gasteiger partial charge is 0.412 e. The average molecular weight is 401 g/mol. The molecule has 0 saturated carbocycles. The molecule has 3 N–H and O–H groups in total. The summed E-state index contributed by atoms with van der Waals surface area (Å²) in [5.74, 6) is -0.436. The molecule has 1 atom stereocenters. The maximum atomic E-state index is 13.4. The Hall–Kier alpha value is -4.04. The number of aromatic nitrogens is 3. The van der Waals surface area contributed by atoms with Crippen LogP contribution in [0.4, 0.5) is 11.4 Å². The molecule has 0 fully saturated rings. The van der Waals surface area contributed by atoms with Crippen LogP contribution >= 0.6 is 0 Å². The van der Waals surface area contributed by atoms with Gasteiger partial charge in [0, 0.05) is 11.4 Å². The summed E-state index contributed by atoms with van der Waals surface area (Å²) >= 11 is 0. The van der Waals surface area contributed by atoms with Gasteiger partial charge in [0.05, 0.1) is 12.1 Å². The van der Waals surface area contributed by atoms with Crippen molar-refractivity contribution in [2.45, 2.75) is 6.04 Å². The molecule has 1 aliphatic rings. The van der Waals surface area contributed by atoms with Gasteiger partial charge in [-0.15, -0.1) is 5.10 Å². The van der Waals surface area contributed by atoms with Crippen molar-refractivity contribution in [1.82, 2.24) is 15.0 Å². The van der Waals surface area contributed by atoms with Crippen LogP contribution in [0.1, 0.15) is 16.4 Å². The van der Waals surface area contributed by atoms with Crippen LogP contribution in [0.3, 0.4) is 0 Å². The van der Waals surface area contributed by atoms with Gasteiger partial charge in [-0.05, 0) is 36.4 Å². The molecule has 150 valence electrons. The van der Waals surface area contributed by atoms with Gasteiger partial charge in [0.15, 0.2) is 6.04 Å². The minimum absolute atomic E-state index is 0. The van der Waals surface area contributed by atoms with Crippen molar-refractivity contribution in [3.05, 3.63) is 84.4 Å². The molecule has 0 bridgehead atoms. The maximum Gasteiger partial charge on any atom is 0.260 e. The highest BCUT2D eigenvalue weighted by Gasteiger charge is 2.35. The highest BCUT2D eigenvalue weighted by molar-refractivity contribution is 6.14. The van der Waals surface area contributed by atoms with Crippen molar-refractivity contribution in [3.8, 4) is 0 Å². The molecule has 5 rings (SSSR count). The summed E-state index contributed by atoms with van der Waals surface area (Å²) < 4.78 is 1.56. The van der Waals surface area contributed by atoms with Gasteiger partial charge in [0.2, 0.25) is 0 Å². The van der Waals surface area contributed by atoms with E-state index in [1.54, 1.807) is 27.8 Å². The van der Waals surface area contributed by atoms with Gasteiger partial charge in [0.1, 0.15) is 11.0 Å². The number of carbonyl (C=O) groups excluding carboxylic acids is 2. The zero-order chi connectivity index (χ0) is 19.8.